The lowest BCUT2D eigenvalue weighted by atomic mass is 10.1. The van der Waals surface area contributed by atoms with Gasteiger partial charge in [-0.3, -0.25) is 4.90 Å². The Morgan fingerprint density at radius 1 is 1.71 bits per heavy atom. The Balaban J connectivity index is 2.00. The van der Waals surface area contributed by atoms with Gasteiger partial charge in [-0.25, -0.2) is 4.98 Å². The van der Waals surface area contributed by atoms with E-state index < -0.39 is 0 Å². The van der Waals surface area contributed by atoms with Gasteiger partial charge in [-0.1, -0.05) is 0 Å². The summed E-state index contributed by atoms with van der Waals surface area (Å²) in [5.41, 5.74) is 0. The van der Waals surface area contributed by atoms with E-state index in [1.807, 2.05) is 11.6 Å². The first kappa shape index (κ1) is 10.1. The van der Waals surface area contributed by atoms with Crippen LogP contribution in [-0.4, -0.2) is 34.2 Å². The number of thiazole rings is 1. The van der Waals surface area contributed by atoms with E-state index in [2.05, 4.69) is 16.8 Å². The molecule has 1 aliphatic rings. The van der Waals surface area contributed by atoms with Gasteiger partial charge in [0, 0.05) is 18.1 Å². The van der Waals surface area contributed by atoms with Crippen LogP contribution in [0.1, 0.15) is 30.8 Å². The third-order valence-corrected chi connectivity index (χ3v) is 3.73. The Morgan fingerprint density at radius 3 is 3.21 bits per heavy atom. The molecule has 0 amide bonds. The highest BCUT2D eigenvalue weighted by molar-refractivity contribution is 7.09. The topological polar surface area (TPSA) is 36.4 Å². The first-order valence-corrected chi connectivity index (χ1v) is 5.97. The molecule has 2 atom stereocenters. The number of aliphatic hydroxyl groups is 1. The third kappa shape index (κ3) is 2.13. The van der Waals surface area contributed by atoms with Crippen molar-refractivity contribution in [2.45, 2.75) is 31.9 Å². The fraction of sp³-hybridized carbons (Fsp3) is 0.700. The van der Waals surface area contributed by atoms with Gasteiger partial charge in [-0.05, 0) is 26.3 Å². The maximum Gasteiger partial charge on any atom is 0.109 e. The summed E-state index contributed by atoms with van der Waals surface area (Å²) in [5.74, 6) is 0. The largest absolute Gasteiger partial charge is 0.392 e. The molecule has 0 bridgehead atoms. The zero-order chi connectivity index (χ0) is 9.97. The van der Waals surface area contributed by atoms with E-state index in [1.165, 1.54) is 0 Å². The van der Waals surface area contributed by atoms with Gasteiger partial charge in [0.15, 0.2) is 0 Å². The van der Waals surface area contributed by atoms with E-state index in [9.17, 15) is 5.11 Å². The Hall–Kier alpha value is -0.450. The van der Waals surface area contributed by atoms with Gasteiger partial charge in [-0.2, -0.15) is 0 Å². The van der Waals surface area contributed by atoms with E-state index in [0.717, 1.165) is 30.9 Å². The monoisotopic (exact) mass is 212 g/mol. The number of hydrogen-bond donors (Lipinski definition) is 1. The second-order valence-corrected chi connectivity index (χ2v) is 4.76. The minimum atomic E-state index is -0.147. The van der Waals surface area contributed by atoms with Crippen LogP contribution in [0.5, 0.6) is 0 Å². The summed E-state index contributed by atoms with van der Waals surface area (Å²) >= 11 is 1.69. The average Bonchev–Trinajstić information content (AvgIpc) is 2.69. The lowest BCUT2D eigenvalue weighted by Gasteiger charge is -2.33. The molecule has 3 nitrogen and oxygen atoms in total. The molecule has 1 N–H and O–H groups in total. The number of likely N-dealkylation sites (tertiary alicyclic amines) is 1. The predicted octanol–water partition coefficient (Wildman–Crippen LogP) is 1.66. The van der Waals surface area contributed by atoms with Gasteiger partial charge >= 0.3 is 0 Å². The molecular weight excluding hydrogens is 196 g/mol. The van der Waals surface area contributed by atoms with Crippen LogP contribution in [0.25, 0.3) is 0 Å². The van der Waals surface area contributed by atoms with Crippen molar-refractivity contribution in [3.63, 3.8) is 0 Å². The van der Waals surface area contributed by atoms with Crippen LogP contribution in [0.4, 0.5) is 0 Å². The summed E-state index contributed by atoms with van der Waals surface area (Å²) in [5, 5.41) is 12.7. The highest BCUT2D eigenvalue weighted by Crippen LogP contribution is 2.25. The van der Waals surface area contributed by atoms with Crippen molar-refractivity contribution in [2.24, 2.45) is 0 Å². The Morgan fingerprint density at radius 2 is 2.57 bits per heavy atom. The second-order valence-electron chi connectivity index (χ2n) is 3.84. The van der Waals surface area contributed by atoms with Crippen LogP contribution in [0.2, 0.25) is 0 Å². The molecular formula is C10H16N2OS. The maximum absolute atomic E-state index is 9.57. The van der Waals surface area contributed by atoms with E-state index in [1.54, 1.807) is 11.3 Å². The van der Waals surface area contributed by atoms with Crippen LogP contribution in [0.15, 0.2) is 11.6 Å². The molecule has 1 aromatic rings. The number of rotatable bonds is 2. The summed E-state index contributed by atoms with van der Waals surface area (Å²) < 4.78 is 0. The van der Waals surface area contributed by atoms with E-state index in [-0.39, 0.29) is 6.10 Å². The molecule has 4 heteroatoms. The SMILES string of the molecule is CC(c1nccs1)N1CCC[C@H](O)C1. The quantitative estimate of drug-likeness (QED) is 0.810. The minimum absolute atomic E-state index is 0.147. The summed E-state index contributed by atoms with van der Waals surface area (Å²) in [6.07, 6.45) is 3.74. The molecule has 1 aromatic heterocycles. The van der Waals surface area contributed by atoms with Crippen molar-refractivity contribution in [1.82, 2.24) is 9.88 Å². The fourth-order valence-electron chi connectivity index (χ4n) is 1.93. The zero-order valence-electron chi connectivity index (χ0n) is 8.39. The van der Waals surface area contributed by atoms with Crippen molar-refractivity contribution in [3.8, 4) is 0 Å². The zero-order valence-corrected chi connectivity index (χ0v) is 9.20. The number of aliphatic hydroxyl groups excluding tert-OH is 1. The number of aromatic nitrogens is 1. The summed E-state index contributed by atoms with van der Waals surface area (Å²) in [4.78, 5) is 6.62. The smallest absolute Gasteiger partial charge is 0.109 e. The molecule has 0 saturated carbocycles. The third-order valence-electron chi connectivity index (χ3n) is 2.78. The van der Waals surface area contributed by atoms with Gasteiger partial charge in [0.25, 0.3) is 0 Å². The first-order chi connectivity index (χ1) is 6.77. The number of nitrogens with zero attached hydrogens (tertiary/aromatic N) is 2. The van der Waals surface area contributed by atoms with Crippen molar-refractivity contribution in [3.05, 3.63) is 16.6 Å². The molecule has 2 rings (SSSR count). The summed E-state index contributed by atoms with van der Waals surface area (Å²) in [6.45, 7) is 4.04. The van der Waals surface area contributed by atoms with E-state index in [4.69, 9.17) is 0 Å². The van der Waals surface area contributed by atoms with Gasteiger partial charge in [0.2, 0.25) is 0 Å². The van der Waals surface area contributed by atoms with Gasteiger partial charge in [0.05, 0.1) is 12.1 Å². The number of hydrogen-bond acceptors (Lipinski definition) is 4. The normalized spacial score (nSPS) is 26.3. The van der Waals surface area contributed by atoms with Crippen LogP contribution >= 0.6 is 11.3 Å². The lowest BCUT2D eigenvalue weighted by Crippen LogP contribution is -2.39. The molecule has 0 radical (unpaired) electrons. The molecule has 2 heterocycles. The molecule has 78 valence electrons. The molecule has 14 heavy (non-hydrogen) atoms. The Kier molecular flexibility index (Phi) is 3.15. The van der Waals surface area contributed by atoms with E-state index in [0.29, 0.717) is 6.04 Å². The average molecular weight is 212 g/mol. The first-order valence-electron chi connectivity index (χ1n) is 5.09. The Bertz CT molecular complexity index is 276. The minimum Gasteiger partial charge on any atom is -0.392 e. The van der Waals surface area contributed by atoms with Gasteiger partial charge in [0.1, 0.15) is 5.01 Å². The van der Waals surface area contributed by atoms with Crippen molar-refractivity contribution < 1.29 is 5.11 Å². The van der Waals surface area contributed by atoms with Crippen molar-refractivity contribution in [1.29, 1.82) is 0 Å². The second kappa shape index (κ2) is 4.38. The molecule has 1 fully saturated rings. The van der Waals surface area contributed by atoms with Crippen LogP contribution < -0.4 is 0 Å². The predicted molar refractivity (Wildman–Crippen MR) is 57.3 cm³/mol. The molecule has 1 aliphatic heterocycles. The highest BCUT2D eigenvalue weighted by atomic mass is 32.1. The van der Waals surface area contributed by atoms with Crippen LogP contribution in [0.3, 0.4) is 0 Å². The van der Waals surface area contributed by atoms with Crippen molar-refractivity contribution >= 4 is 11.3 Å². The molecule has 1 saturated heterocycles. The molecule has 0 aromatic carbocycles. The molecule has 1 unspecified atom stereocenters. The van der Waals surface area contributed by atoms with Gasteiger partial charge < -0.3 is 5.11 Å². The lowest BCUT2D eigenvalue weighted by molar-refractivity contribution is 0.0503. The van der Waals surface area contributed by atoms with E-state index >= 15 is 0 Å². The standard InChI is InChI=1S/C10H16N2OS/c1-8(10-11-4-6-14-10)12-5-2-3-9(13)7-12/h4,6,8-9,13H,2-3,5,7H2,1H3/t8?,9-/m0/s1. The summed E-state index contributed by atoms with van der Waals surface area (Å²) in [6, 6.07) is 0.352. The van der Waals surface area contributed by atoms with Gasteiger partial charge in [-0.15, -0.1) is 11.3 Å². The van der Waals surface area contributed by atoms with Crippen LogP contribution in [0, 0.1) is 0 Å². The molecule has 0 aliphatic carbocycles. The van der Waals surface area contributed by atoms with Crippen LogP contribution in [-0.2, 0) is 0 Å². The van der Waals surface area contributed by atoms with Crippen molar-refractivity contribution in [2.75, 3.05) is 13.1 Å². The number of piperidine rings is 1. The fourth-order valence-corrected chi connectivity index (χ4v) is 2.66. The summed E-state index contributed by atoms with van der Waals surface area (Å²) in [7, 11) is 0. The Labute approximate surface area is 88.4 Å². The maximum atomic E-state index is 9.57. The highest BCUT2D eigenvalue weighted by Gasteiger charge is 2.23. The number of β-amino-alcohol motifs (C(OH)–C–C–N with tert-alkyl or cyclic N) is 1. The molecule has 0 spiro atoms.